The molecule has 0 saturated carbocycles. The van der Waals surface area contributed by atoms with Crippen molar-refractivity contribution in [3.63, 3.8) is 0 Å². The van der Waals surface area contributed by atoms with Crippen molar-refractivity contribution in [1.82, 2.24) is 25.9 Å². The largest absolute Gasteiger partial charge is 0.490 e. The normalized spacial score (nSPS) is 22.0. The molecule has 3 aliphatic rings. The summed E-state index contributed by atoms with van der Waals surface area (Å²) in [6.45, 7) is 7.03. The van der Waals surface area contributed by atoms with Crippen molar-refractivity contribution in [2.24, 2.45) is 0 Å². The summed E-state index contributed by atoms with van der Waals surface area (Å²) >= 11 is 0. The SMILES string of the molecule is COCCCN1CCOc2ccc(CO[C@H]3CNC[C@@H](OCCc4nn[nH]n4)[C@@H]3c3ccc(O[C@H]4CCN(c5cccc(F)c5)C4)cc3)cc21. The summed E-state index contributed by atoms with van der Waals surface area (Å²) < 4.78 is 44.6. The number of aromatic amines is 1. The zero-order valence-electron chi connectivity index (χ0n) is 28.5. The molecule has 0 amide bonds. The lowest BCUT2D eigenvalue weighted by Crippen LogP contribution is -2.50. The average molecular weight is 688 g/mol. The van der Waals surface area contributed by atoms with Gasteiger partial charge in [0.15, 0.2) is 5.82 Å². The number of aromatic nitrogens is 4. The number of benzene rings is 3. The fourth-order valence-electron chi connectivity index (χ4n) is 7.14. The Bertz CT molecular complexity index is 1650. The van der Waals surface area contributed by atoms with Crippen molar-refractivity contribution in [2.75, 3.05) is 76.0 Å². The van der Waals surface area contributed by atoms with Crippen LogP contribution in [-0.4, -0.2) is 105 Å². The van der Waals surface area contributed by atoms with Gasteiger partial charge < -0.3 is 38.8 Å². The molecule has 0 spiro atoms. The average Bonchev–Trinajstić information content (AvgIpc) is 3.84. The minimum Gasteiger partial charge on any atom is -0.490 e. The van der Waals surface area contributed by atoms with Gasteiger partial charge in [0, 0.05) is 64.3 Å². The lowest BCUT2D eigenvalue weighted by atomic mass is 9.85. The molecule has 4 aromatic rings. The van der Waals surface area contributed by atoms with Crippen molar-refractivity contribution in [3.8, 4) is 11.5 Å². The minimum atomic E-state index is -0.225. The Balaban J connectivity index is 1.03. The molecule has 266 valence electrons. The predicted molar refractivity (Wildman–Crippen MR) is 187 cm³/mol. The fraction of sp³-hybridized carbons (Fsp3) is 0.486. The lowest BCUT2D eigenvalue weighted by Gasteiger charge is -2.39. The minimum absolute atomic E-state index is 0.0166. The van der Waals surface area contributed by atoms with Gasteiger partial charge in [0.1, 0.15) is 30.0 Å². The molecule has 0 radical (unpaired) electrons. The second kappa shape index (κ2) is 16.6. The maximum absolute atomic E-state index is 13.8. The van der Waals surface area contributed by atoms with Crippen LogP contribution in [0.25, 0.3) is 0 Å². The van der Waals surface area contributed by atoms with E-state index >= 15 is 0 Å². The van der Waals surface area contributed by atoms with Gasteiger partial charge in [-0.15, -0.1) is 10.2 Å². The van der Waals surface area contributed by atoms with E-state index in [1.165, 1.54) is 6.07 Å². The molecular formula is C37H46FN7O5. The molecular weight excluding hydrogens is 641 g/mol. The van der Waals surface area contributed by atoms with Gasteiger partial charge in [-0.1, -0.05) is 29.5 Å². The van der Waals surface area contributed by atoms with Crippen molar-refractivity contribution in [1.29, 1.82) is 0 Å². The number of nitrogens with zero attached hydrogens (tertiary/aromatic N) is 5. The third-order valence-electron chi connectivity index (χ3n) is 9.65. The number of halogens is 1. The first-order valence-corrected chi connectivity index (χ1v) is 17.6. The lowest BCUT2D eigenvalue weighted by molar-refractivity contribution is -0.0594. The Morgan fingerprint density at radius 1 is 0.980 bits per heavy atom. The molecule has 0 unspecified atom stereocenters. The maximum atomic E-state index is 13.8. The zero-order chi connectivity index (χ0) is 34.1. The van der Waals surface area contributed by atoms with E-state index < -0.39 is 0 Å². The molecule has 3 aliphatic heterocycles. The van der Waals surface area contributed by atoms with E-state index in [4.69, 9.17) is 23.7 Å². The smallest absolute Gasteiger partial charge is 0.176 e. The number of H-pyrrole nitrogens is 1. The Hall–Kier alpha value is -4.30. The van der Waals surface area contributed by atoms with Crippen LogP contribution in [0, 0.1) is 5.82 Å². The highest BCUT2D eigenvalue weighted by atomic mass is 19.1. The topological polar surface area (TPSA) is 119 Å². The van der Waals surface area contributed by atoms with E-state index in [0.29, 0.717) is 51.7 Å². The number of rotatable bonds is 15. The van der Waals surface area contributed by atoms with E-state index in [0.717, 1.165) is 73.1 Å². The van der Waals surface area contributed by atoms with Gasteiger partial charge in [-0.25, -0.2) is 4.39 Å². The van der Waals surface area contributed by atoms with E-state index in [2.05, 4.69) is 66.1 Å². The van der Waals surface area contributed by atoms with Gasteiger partial charge in [0.2, 0.25) is 0 Å². The van der Waals surface area contributed by atoms with Crippen molar-refractivity contribution >= 4 is 11.4 Å². The Labute approximate surface area is 292 Å². The quantitative estimate of drug-likeness (QED) is 0.176. The summed E-state index contributed by atoms with van der Waals surface area (Å²) in [7, 11) is 1.74. The number of methoxy groups -OCH3 is 1. The number of tetrazole rings is 1. The fourth-order valence-corrected chi connectivity index (χ4v) is 7.14. The summed E-state index contributed by atoms with van der Waals surface area (Å²) in [4.78, 5) is 4.54. The maximum Gasteiger partial charge on any atom is 0.176 e. The standard InChI is InChI=1S/C37H46FN7O5/c1-46-17-3-14-44-16-19-48-33-11-6-26(20-32(33)44)25-49-35-23-39-22-34(47-18-13-36-40-42-43-41-36)37(35)27-7-9-30(10-8-27)50-31-12-15-45(24-31)29-5-2-4-28(38)21-29/h2,4-11,20-21,31,34-35,37,39H,3,12-19,22-25H2,1H3,(H,40,41,42,43)/t31-,34+,35-,37-/m0/s1. The molecule has 50 heavy (non-hydrogen) atoms. The molecule has 0 aliphatic carbocycles. The predicted octanol–water partition coefficient (Wildman–Crippen LogP) is 4.13. The number of nitrogens with one attached hydrogen (secondary N) is 2. The number of hydrogen-bond acceptors (Lipinski definition) is 11. The van der Waals surface area contributed by atoms with Crippen LogP contribution < -0.4 is 24.6 Å². The first kappa shape index (κ1) is 34.2. The second-order valence-corrected chi connectivity index (χ2v) is 13.0. The molecule has 1 aromatic heterocycles. The number of fused-ring (bicyclic) bond motifs is 1. The van der Waals surface area contributed by atoms with Gasteiger partial charge in [-0.3, -0.25) is 0 Å². The Kier molecular flexibility index (Phi) is 11.3. The van der Waals surface area contributed by atoms with Crippen molar-refractivity contribution in [2.45, 2.75) is 50.1 Å². The van der Waals surface area contributed by atoms with Gasteiger partial charge in [0.05, 0.1) is 44.2 Å². The number of piperidine rings is 1. The van der Waals surface area contributed by atoms with Crippen LogP contribution in [0.3, 0.4) is 0 Å². The number of ether oxygens (including phenoxy) is 5. The van der Waals surface area contributed by atoms with Gasteiger partial charge >= 0.3 is 0 Å². The molecule has 2 saturated heterocycles. The van der Waals surface area contributed by atoms with Crippen LogP contribution in [0.2, 0.25) is 0 Å². The third-order valence-corrected chi connectivity index (χ3v) is 9.65. The van der Waals surface area contributed by atoms with Crippen LogP contribution in [0.1, 0.15) is 35.7 Å². The summed E-state index contributed by atoms with van der Waals surface area (Å²) in [5, 5.41) is 17.8. The zero-order valence-corrected chi connectivity index (χ0v) is 28.5. The van der Waals surface area contributed by atoms with E-state index in [1.54, 1.807) is 19.2 Å². The summed E-state index contributed by atoms with van der Waals surface area (Å²) in [5.74, 6) is 2.10. The van der Waals surface area contributed by atoms with Crippen LogP contribution >= 0.6 is 0 Å². The third kappa shape index (κ3) is 8.52. The molecule has 0 bridgehead atoms. The Morgan fingerprint density at radius 2 is 1.86 bits per heavy atom. The highest BCUT2D eigenvalue weighted by Gasteiger charge is 2.36. The monoisotopic (exact) mass is 687 g/mol. The van der Waals surface area contributed by atoms with Crippen molar-refractivity contribution < 1.29 is 28.1 Å². The second-order valence-electron chi connectivity index (χ2n) is 13.0. The van der Waals surface area contributed by atoms with E-state index in [-0.39, 0.29) is 30.0 Å². The first-order valence-electron chi connectivity index (χ1n) is 17.6. The molecule has 2 fully saturated rings. The first-order chi connectivity index (χ1) is 24.6. The number of hydrogen-bond donors (Lipinski definition) is 2. The summed E-state index contributed by atoms with van der Waals surface area (Å²) in [6.07, 6.45) is 2.15. The van der Waals surface area contributed by atoms with Gasteiger partial charge in [0.25, 0.3) is 0 Å². The Morgan fingerprint density at radius 3 is 2.68 bits per heavy atom. The molecule has 7 rings (SSSR count). The number of anilines is 2. The van der Waals surface area contributed by atoms with E-state index in [1.807, 2.05) is 18.2 Å². The molecule has 4 atom stereocenters. The van der Waals surface area contributed by atoms with Crippen LogP contribution in [0.5, 0.6) is 11.5 Å². The molecule has 12 nitrogen and oxygen atoms in total. The summed E-state index contributed by atoms with van der Waals surface area (Å²) in [5.41, 5.74) is 4.21. The van der Waals surface area contributed by atoms with Crippen LogP contribution in [0.15, 0.2) is 66.7 Å². The van der Waals surface area contributed by atoms with Gasteiger partial charge in [-0.2, -0.15) is 5.21 Å². The molecule has 13 heteroatoms. The van der Waals surface area contributed by atoms with Crippen LogP contribution in [0.4, 0.5) is 15.8 Å². The molecule has 2 N–H and O–H groups in total. The van der Waals surface area contributed by atoms with E-state index in [9.17, 15) is 4.39 Å². The summed E-state index contributed by atoms with van der Waals surface area (Å²) in [6, 6.07) is 21.4. The van der Waals surface area contributed by atoms with Crippen molar-refractivity contribution in [3.05, 3.63) is 89.5 Å². The van der Waals surface area contributed by atoms with Gasteiger partial charge in [-0.05, 0) is 60.0 Å². The van der Waals surface area contributed by atoms with Crippen LogP contribution in [-0.2, 0) is 27.2 Å². The molecule has 3 aromatic carbocycles. The molecule has 4 heterocycles. The highest BCUT2D eigenvalue weighted by molar-refractivity contribution is 5.61. The highest BCUT2D eigenvalue weighted by Crippen LogP contribution is 2.35.